The van der Waals surface area contributed by atoms with Gasteiger partial charge in [0.05, 0.1) is 24.5 Å². The van der Waals surface area contributed by atoms with Gasteiger partial charge in [-0.05, 0) is 33.1 Å². The van der Waals surface area contributed by atoms with Crippen molar-refractivity contribution in [2.24, 2.45) is 28.6 Å². The maximum absolute atomic E-state index is 13.8. The van der Waals surface area contributed by atoms with Crippen LogP contribution in [0.3, 0.4) is 0 Å². The highest BCUT2D eigenvalue weighted by Crippen LogP contribution is 2.73. The summed E-state index contributed by atoms with van der Waals surface area (Å²) in [6, 6.07) is 0. The Balaban J connectivity index is 1.80. The Hall–Kier alpha value is -1.85. The fourth-order valence-corrected chi connectivity index (χ4v) is 8.45. The quantitative estimate of drug-likeness (QED) is 0.295. The van der Waals surface area contributed by atoms with E-state index < -0.39 is 88.5 Å². The smallest absolute Gasteiger partial charge is 0.333 e. The minimum atomic E-state index is -2.02. The van der Waals surface area contributed by atoms with Crippen LogP contribution in [0.5, 0.6) is 0 Å². The molecule has 194 valence electrons. The highest BCUT2D eigenvalue weighted by molar-refractivity contribution is 5.91. The summed E-state index contributed by atoms with van der Waals surface area (Å²) in [7, 11) is 0. The van der Waals surface area contributed by atoms with Crippen molar-refractivity contribution in [2.45, 2.75) is 89.2 Å². The standard InChI is InChI=1S/C25H34O10/c1-6-10(2)21(31)35-16-14-11(3)7-12(26)18(29)22(14,4)17-15(28)19(30)23(5)25(32)8-13(27)34-20(16)24(17,25)9-33-23/h6,11-12,14-17,19-20,26,28,30,32H,7-9H2,1-5H3/b10-6-/t11-,12+,14-,15-,16-,17-,19+,20-,22+,23-,24+,25-/m1/s1. The number of fused-ring (bicyclic) bond motifs is 2. The lowest BCUT2D eigenvalue weighted by atomic mass is 9.35. The number of hydrogen-bond donors (Lipinski definition) is 4. The lowest BCUT2D eigenvalue weighted by molar-refractivity contribution is -0.344. The second kappa shape index (κ2) is 7.35. The van der Waals surface area contributed by atoms with Crippen LogP contribution in [0, 0.1) is 28.6 Å². The molecule has 0 amide bonds. The predicted octanol–water partition coefficient (Wildman–Crippen LogP) is -0.356. The van der Waals surface area contributed by atoms with E-state index >= 15 is 0 Å². The van der Waals surface area contributed by atoms with E-state index in [1.807, 2.05) is 0 Å². The fraction of sp³-hybridized carbons (Fsp3) is 0.800. The monoisotopic (exact) mass is 494 g/mol. The molecule has 5 aliphatic rings. The summed E-state index contributed by atoms with van der Waals surface area (Å²) in [6.07, 6.45) is -5.76. The van der Waals surface area contributed by atoms with Crippen molar-refractivity contribution in [2.75, 3.05) is 6.61 Å². The molecule has 3 saturated carbocycles. The van der Waals surface area contributed by atoms with Crippen LogP contribution in [0.15, 0.2) is 11.6 Å². The van der Waals surface area contributed by atoms with Crippen molar-refractivity contribution >= 4 is 17.7 Å². The van der Waals surface area contributed by atoms with Crippen LogP contribution in [0.2, 0.25) is 0 Å². The first-order valence-corrected chi connectivity index (χ1v) is 12.2. The summed E-state index contributed by atoms with van der Waals surface area (Å²) in [5.41, 5.74) is -6.55. The highest BCUT2D eigenvalue weighted by Gasteiger charge is 2.88. The molecule has 2 heterocycles. The number of rotatable bonds is 2. The van der Waals surface area contributed by atoms with Crippen LogP contribution in [-0.2, 0) is 28.6 Å². The van der Waals surface area contributed by atoms with E-state index in [2.05, 4.69) is 0 Å². The van der Waals surface area contributed by atoms with E-state index in [1.165, 1.54) is 6.92 Å². The average molecular weight is 495 g/mol. The summed E-state index contributed by atoms with van der Waals surface area (Å²) in [6.45, 7) is 7.83. The van der Waals surface area contributed by atoms with Gasteiger partial charge in [0.2, 0.25) is 0 Å². The van der Waals surface area contributed by atoms with Gasteiger partial charge in [-0.1, -0.05) is 19.9 Å². The maximum Gasteiger partial charge on any atom is 0.333 e. The first-order valence-electron chi connectivity index (χ1n) is 12.2. The van der Waals surface area contributed by atoms with E-state index in [0.717, 1.165) is 0 Å². The molecular formula is C25H34O10. The van der Waals surface area contributed by atoms with Gasteiger partial charge in [0.1, 0.15) is 35.6 Å². The molecule has 2 saturated heterocycles. The third-order valence-electron chi connectivity index (χ3n) is 10.2. The van der Waals surface area contributed by atoms with E-state index in [0.29, 0.717) is 5.57 Å². The molecule has 0 radical (unpaired) electrons. The first-order chi connectivity index (χ1) is 16.2. The second-order valence-corrected chi connectivity index (χ2v) is 11.5. The topological polar surface area (TPSA) is 160 Å². The van der Waals surface area contributed by atoms with Gasteiger partial charge in [-0.25, -0.2) is 4.79 Å². The van der Waals surface area contributed by atoms with Crippen LogP contribution in [0.1, 0.15) is 47.5 Å². The van der Waals surface area contributed by atoms with Gasteiger partial charge in [0.25, 0.3) is 0 Å². The van der Waals surface area contributed by atoms with Crippen LogP contribution >= 0.6 is 0 Å². The summed E-state index contributed by atoms with van der Waals surface area (Å²) >= 11 is 0. The molecule has 0 unspecified atom stereocenters. The number of ketones is 1. The summed E-state index contributed by atoms with van der Waals surface area (Å²) in [5.74, 6) is -4.28. The van der Waals surface area contributed by atoms with Crippen LogP contribution in [-0.4, -0.2) is 86.5 Å². The zero-order valence-corrected chi connectivity index (χ0v) is 20.6. The molecule has 10 heteroatoms. The molecule has 4 N–H and O–H groups in total. The SMILES string of the molecule is C/C=C(/C)C(=O)O[C@@H]1[C@H]2[C@H](C)C[C@H](O)C(=O)[C@]2(C)[C@H]2[C@@H](O)[C@H](O)[C@@]3(C)OC[C@@]24[C@@H]1OC(=O)C[C@]43O. The molecule has 5 fully saturated rings. The zero-order chi connectivity index (χ0) is 25.9. The Morgan fingerprint density at radius 2 is 1.86 bits per heavy atom. The Labute approximate surface area is 203 Å². The Bertz CT molecular complexity index is 1020. The number of carbonyl (C=O) groups excluding carboxylic acids is 3. The largest absolute Gasteiger partial charge is 0.457 e. The number of esters is 2. The molecule has 3 aliphatic carbocycles. The summed E-state index contributed by atoms with van der Waals surface area (Å²) in [5, 5.41) is 45.7. The van der Waals surface area contributed by atoms with Gasteiger partial charge >= 0.3 is 11.9 Å². The van der Waals surface area contributed by atoms with Crippen molar-refractivity contribution in [1.82, 2.24) is 0 Å². The number of aliphatic hydroxyl groups excluding tert-OH is 3. The first kappa shape index (κ1) is 24.8. The number of hydrogen-bond acceptors (Lipinski definition) is 10. The number of Topliss-reactive ketones (excluding diaryl/α,β-unsaturated/α-hetero) is 1. The second-order valence-electron chi connectivity index (χ2n) is 11.5. The van der Waals surface area contributed by atoms with Gasteiger partial charge in [-0.2, -0.15) is 0 Å². The summed E-state index contributed by atoms with van der Waals surface area (Å²) in [4.78, 5) is 39.6. The number of aliphatic hydroxyl groups is 4. The van der Waals surface area contributed by atoms with Gasteiger partial charge in [-0.3, -0.25) is 9.59 Å². The highest BCUT2D eigenvalue weighted by atomic mass is 16.6. The molecule has 35 heavy (non-hydrogen) atoms. The molecule has 0 aromatic rings. The Morgan fingerprint density at radius 3 is 2.49 bits per heavy atom. The van der Waals surface area contributed by atoms with Gasteiger partial charge in [-0.15, -0.1) is 0 Å². The lowest BCUT2D eigenvalue weighted by Gasteiger charge is -2.70. The van der Waals surface area contributed by atoms with E-state index in [4.69, 9.17) is 14.2 Å². The predicted molar refractivity (Wildman–Crippen MR) is 117 cm³/mol. The molecule has 10 nitrogen and oxygen atoms in total. The van der Waals surface area contributed by atoms with Gasteiger partial charge < -0.3 is 34.6 Å². The molecule has 12 atom stereocenters. The van der Waals surface area contributed by atoms with Crippen molar-refractivity contribution < 1.29 is 49.0 Å². The fourth-order valence-electron chi connectivity index (χ4n) is 8.45. The average Bonchev–Trinajstić information content (AvgIpc) is 2.97. The van der Waals surface area contributed by atoms with Crippen LogP contribution in [0.25, 0.3) is 0 Å². The van der Waals surface area contributed by atoms with E-state index in [-0.39, 0.29) is 18.9 Å². The Morgan fingerprint density at radius 1 is 1.20 bits per heavy atom. The molecule has 0 aromatic carbocycles. The van der Waals surface area contributed by atoms with E-state index in [1.54, 1.807) is 33.8 Å². The minimum absolute atomic E-state index is 0.0905. The minimum Gasteiger partial charge on any atom is -0.457 e. The van der Waals surface area contributed by atoms with Gasteiger partial charge in [0, 0.05) is 22.8 Å². The molecule has 1 spiro atoms. The maximum atomic E-state index is 13.8. The van der Waals surface area contributed by atoms with Crippen molar-refractivity contribution in [1.29, 1.82) is 0 Å². The lowest BCUT2D eigenvalue weighted by Crippen LogP contribution is -2.85. The molecular weight excluding hydrogens is 460 g/mol. The molecule has 2 bridgehead atoms. The third kappa shape index (κ3) is 2.59. The summed E-state index contributed by atoms with van der Waals surface area (Å²) < 4.78 is 17.8. The van der Waals surface area contributed by atoms with Crippen molar-refractivity contribution in [3.63, 3.8) is 0 Å². The van der Waals surface area contributed by atoms with Gasteiger partial charge in [0.15, 0.2) is 5.78 Å². The van der Waals surface area contributed by atoms with Crippen molar-refractivity contribution in [3.05, 3.63) is 11.6 Å². The number of ether oxygens (including phenoxy) is 3. The van der Waals surface area contributed by atoms with Crippen molar-refractivity contribution in [3.8, 4) is 0 Å². The number of carbonyl (C=O) groups is 3. The third-order valence-corrected chi connectivity index (χ3v) is 10.2. The molecule has 5 rings (SSSR count). The van der Waals surface area contributed by atoms with Crippen LogP contribution < -0.4 is 0 Å². The zero-order valence-electron chi connectivity index (χ0n) is 20.6. The Kier molecular flexibility index (Phi) is 5.21. The van der Waals surface area contributed by atoms with E-state index in [9.17, 15) is 34.8 Å². The normalized spacial score (nSPS) is 55.1. The van der Waals surface area contributed by atoms with Crippen LogP contribution in [0.4, 0.5) is 0 Å². The molecule has 0 aromatic heterocycles. The molecule has 2 aliphatic heterocycles. The number of allylic oxidation sites excluding steroid dienone is 1.